The molecule has 3 rings (SSSR count). The van der Waals surface area contributed by atoms with Crippen LogP contribution in [0.5, 0.6) is 0 Å². The van der Waals surface area contributed by atoms with Crippen molar-refractivity contribution in [3.05, 3.63) is 36.4 Å². The van der Waals surface area contributed by atoms with E-state index in [1.54, 1.807) is 0 Å². The van der Waals surface area contributed by atoms with Crippen LogP contribution in [0.4, 0.5) is 5.82 Å². The van der Waals surface area contributed by atoms with E-state index in [-0.39, 0.29) is 0 Å². The Kier molecular flexibility index (Phi) is 3.67. The molecule has 0 aromatic carbocycles. The van der Waals surface area contributed by atoms with Gasteiger partial charge in [0.15, 0.2) is 6.39 Å². The first kappa shape index (κ1) is 13.1. The Bertz CT molecular complexity index is 545. The summed E-state index contributed by atoms with van der Waals surface area (Å²) < 4.78 is 5.41. The lowest BCUT2D eigenvalue weighted by atomic mass is 9.95. The third-order valence-electron chi connectivity index (χ3n) is 3.85. The van der Waals surface area contributed by atoms with Crippen LogP contribution in [0.1, 0.15) is 50.1 Å². The normalized spacial score (nSPS) is 16.9. The molecule has 0 spiro atoms. The Morgan fingerprint density at radius 2 is 2.10 bits per heavy atom. The van der Waals surface area contributed by atoms with E-state index < -0.39 is 0 Å². The topological polar surface area (TPSA) is 55.1 Å². The van der Waals surface area contributed by atoms with E-state index in [4.69, 9.17) is 4.42 Å². The largest absolute Gasteiger partial charge is 0.448 e. The van der Waals surface area contributed by atoms with Crippen LogP contribution in [0, 0.1) is 0 Å². The Labute approximate surface area is 119 Å². The summed E-state index contributed by atoms with van der Waals surface area (Å²) in [6.45, 7) is 6.24. The van der Waals surface area contributed by atoms with Gasteiger partial charge >= 0.3 is 0 Å². The zero-order valence-electron chi connectivity index (χ0n) is 12.0. The van der Waals surface area contributed by atoms with Gasteiger partial charge in [0, 0.05) is 31.1 Å². The molecule has 0 N–H and O–H groups in total. The Morgan fingerprint density at radius 1 is 1.30 bits per heavy atom. The van der Waals surface area contributed by atoms with Crippen LogP contribution in [0.15, 0.2) is 29.3 Å². The van der Waals surface area contributed by atoms with Crippen LogP contribution in [0.3, 0.4) is 0 Å². The first-order chi connectivity index (χ1) is 9.74. The smallest absolute Gasteiger partial charge is 0.180 e. The summed E-state index contributed by atoms with van der Waals surface area (Å²) >= 11 is 0. The van der Waals surface area contributed by atoms with Crippen molar-refractivity contribution in [1.29, 1.82) is 0 Å². The van der Waals surface area contributed by atoms with Crippen LogP contribution in [0.25, 0.3) is 0 Å². The maximum Gasteiger partial charge on any atom is 0.180 e. The Balaban J connectivity index is 1.67. The van der Waals surface area contributed by atoms with Crippen molar-refractivity contribution in [2.75, 3.05) is 18.0 Å². The van der Waals surface area contributed by atoms with E-state index in [2.05, 4.69) is 33.7 Å². The van der Waals surface area contributed by atoms with Crippen molar-refractivity contribution in [3.8, 4) is 0 Å². The van der Waals surface area contributed by atoms with E-state index in [1.807, 2.05) is 18.5 Å². The molecule has 0 aliphatic carbocycles. The van der Waals surface area contributed by atoms with E-state index >= 15 is 0 Å². The van der Waals surface area contributed by atoms with Gasteiger partial charge < -0.3 is 9.32 Å². The quantitative estimate of drug-likeness (QED) is 0.859. The number of nitrogens with zero attached hydrogens (tertiary/aromatic N) is 4. The second-order valence-corrected chi connectivity index (χ2v) is 5.59. The highest BCUT2D eigenvalue weighted by Crippen LogP contribution is 2.29. The standard InChI is InChI=1S/C15H20N4O/c1-11(2)15-17-6-3-14(18-15)19-7-4-12(5-8-19)13-9-16-10-20-13/h3,6,9-12H,4-5,7-8H2,1-2H3. The van der Waals surface area contributed by atoms with Crippen LogP contribution in [0.2, 0.25) is 0 Å². The van der Waals surface area contributed by atoms with Crippen LogP contribution in [-0.4, -0.2) is 28.0 Å². The highest BCUT2D eigenvalue weighted by Gasteiger charge is 2.23. The summed E-state index contributed by atoms with van der Waals surface area (Å²) in [4.78, 5) is 15.3. The van der Waals surface area contributed by atoms with Gasteiger partial charge in [-0.3, -0.25) is 0 Å². The first-order valence-corrected chi connectivity index (χ1v) is 7.20. The number of aromatic nitrogens is 3. The SMILES string of the molecule is CC(C)c1nccc(N2CCC(c3cnco3)CC2)n1. The van der Waals surface area contributed by atoms with Crippen molar-refractivity contribution >= 4 is 5.82 Å². The molecule has 0 amide bonds. The van der Waals surface area contributed by atoms with Gasteiger partial charge in [-0.1, -0.05) is 13.8 Å². The van der Waals surface area contributed by atoms with Crippen molar-refractivity contribution in [3.63, 3.8) is 0 Å². The van der Waals surface area contributed by atoms with Crippen LogP contribution >= 0.6 is 0 Å². The molecule has 5 nitrogen and oxygen atoms in total. The third-order valence-corrected chi connectivity index (χ3v) is 3.85. The lowest BCUT2D eigenvalue weighted by molar-refractivity contribution is 0.404. The lowest BCUT2D eigenvalue weighted by Crippen LogP contribution is -2.33. The van der Waals surface area contributed by atoms with Gasteiger partial charge in [-0.2, -0.15) is 0 Å². The minimum Gasteiger partial charge on any atom is -0.448 e. The summed E-state index contributed by atoms with van der Waals surface area (Å²) in [5, 5.41) is 0. The number of rotatable bonds is 3. The van der Waals surface area contributed by atoms with Crippen LogP contribution < -0.4 is 4.90 Å². The molecule has 1 aliphatic heterocycles. The summed E-state index contributed by atoms with van der Waals surface area (Å²) in [6.07, 6.45) is 7.37. The molecule has 1 fully saturated rings. The van der Waals surface area contributed by atoms with E-state index in [9.17, 15) is 0 Å². The number of anilines is 1. The molecule has 5 heteroatoms. The van der Waals surface area contributed by atoms with Gasteiger partial charge in [-0.05, 0) is 18.9 Å². The summed E-state index contributed by atoms with van der Waals surface area (Å²) in [7, 11) is 0. The molecule has 0 bridgehead atoms. The number of hydrogen-bond donors (Lipinski definition) is 0. The monoisotopic (exact) mass is 272 g/mol. The maximum absolute atomic E-state index is 5.41. The highest BCUT2D eigenvalue weighted by molar-refractivity contribution is 5.38. The van der Waals surface area contributed by atoms with Crippen molar-refractivity contribution in [2.24, 2.45) is 0 Å². The van der Waals surface area contributed by atoms with E-state index in [0.717, 1.165) is 43.3 Å². The lowest BCUT2D eigenvalue weighted by Gasteiger charge is -2.32. The second-order valence-electron chi connectivity index (χ2n) is 5.59. The maximum atomic E-state index is 5.41. The second kappa shape index (κ2) is 5.61. The predicted octanol–water partition coefficient (Wildman–Crippen LogP) is 2.97. The average Bonchev–Trinajstić information content (AvgIpc) is 3.02. The zero-order chi connectivity index (χ0) is 13.9. The fraction of sp³-hybridized carbons (Fsp3) is 0.533. The summed E-state index contributed by atoms with van der Waals surface area (Å²) in [5.41, 5.74) is 0. The first-order valence-electron chi connectivity index (χ1n) is 7.20. The van der Waals surface area contributed by atoms with Gasteiger partial charge in [0.1, 0.15) is 17.4 Å². The molecule has 1 saturated heterocycles. The molecule has 0 unspecified atom stereocenters. The van der Waals surface area contributed by atoms with E-state index in [0.29, 0.717) is 11.8 Å². The molecule has 0 atom stereocenters. The molecule has 106 valence electrons. The summed E-state index contributed by atoms with van der Waals surface area (Å²) in [5.74, 6) is 3.82. The zero-order valence-corrected chi connectivity index (χ0v) is 12.0. The van der Waals surface area contributed by atoms with Crippen molar-refractivity contribution < 1.29 is 4.42 Å². The van der Waals surface area contributed by atoms with Gasteiger partial charge in [-0.15, -0.1) is 0 Å². The fourth-order valence-electron chi connectivity index (χ4n) is 2.64. The minimum absolute atomic E-state index is 0.363. The molecular formula is C15H20N4O. The number of piperidine rings is 1. The highest BCUT2D eigenvalue weighted by atomic mass is 16.3. The number of hydrogen-bond acceptors (Lipinski definition) is 5. The predicted molar refractivity (Wildman–Crippen MR) is 76.8 cm³/mol. The average molecular weight is 272 g/mol. The Morgan fingerprint density at radius 3 is 2.75 bits per heavy atom. The molecule has 2 aromatic rings. The van der Waals surface area contributed by atoms with Crippen molar-refractivity contribution in [2.45, 2.75) is 38.5 Å². The molecule has 0 radical (unpaired) electrons. The van der Waals surface area contributed by atoms with Gasteiger partial charge in [0.2, 0.25) is 0 Å². The van der Waals surface area contributed by atoms with E-state index in [1.165, 1.54) is 6.39 Å². The molecular weight excluding hydrogens is 252 g/mol. The molecule has 3 heterocycles. The molecule has 0 saturated carbocycles. The Hall–Kier alpha value is -1.91. The minimum atomic E-state index is 0.363. The van der Waals surface area contributed by atoms with Gasteiger partial charge in [-0.25, -0.2) is 15.0 Å². The van der Waals surface area contributed by atoms with Crippen LogP contribution in [-0.2, 0) is 0 Å². The molecule has 1 aliphatic rings. The molecule has 2 aromatic heterocycles. The summed E-state index contributed by atoms with van der Waals surface area (Å²) in [6, 6.07) is 2.00. The number of oxazole rings is 1. The van der Waals surface area contributed by atoms with Crippen molar-refractivity contribution in [1.82, 2.24) is 15.0 Å². The van der Waals surface area contributed by atoms with Gasteiger partial charge in [0.05, 0.1) is 6.20 Å². The third kappa shape index (κ3) is 2.66. The van der Waals surface area contributed by atoms with Gasteiger partial charge in [0.25, 0.3) is 0 Å². The fourth-order valence-corrected chi connectivity index (χ4v) is 2.64. The molecule has 20 heavy (non-hydrogen) atoms.